The van der Waals surface area contributed by atoms with E-state index in [1.165, 1.54) is 0 Å². The van der Waals surface area contributed by atoms with E-state index in [0.29, 0.717) is 0 Å². The van der Waals surface area contributed by atoms with E-state index in [-0.39, 0.29) is 6.07 Å². The molecule has 0 spiro atoms. The molecule has 0 atom stereocenters. The smallest absolute Gasteiger partial charge is 0.297 e. The molecule has 2 rings (SSSR count). The number of amides is 1. The molecule has 72 valence electrons. The van der Waals surface area contributed by atoms with Crippen LogP contribution in [0.1, 0.15) is 10.4 Å². The van der Waals surface area contributed by atoms with E-state index in [2.05, 4.69) is 0 Å². The summed E-state index contributed by atoms with van der Waals surface area (Å²) in [6.07, 6.45) is 0. The van der Waals surface area contributed by atoms with Gasteiger partial charge in [-0.15, -0.1) is 0 Å². The van der Waals surface area contributed by atoms with Crippen LogP contribution in [0.2, 0.25) is 0 Å². The average molecular weight is 201 g/mol. The first kappa shape index (κ1) is 8.74. The quantitative estimate of drug-likeness (QED) is 0.507. The molecule has 0 fully saturated rings. The number of nitrogens with one attached hydrogen (secondary N) is 1. The van der Waals surface area contributed by atoms with Crippen molar-refractivity contribution in [3.63, 3.8) is 0 Å². The maximum Gasteiger partial charge on any atom is 0.297 e. The van der Waals surface area contributed by atoms with Gasteiger partial charge < -0.3 is 5.32 Å². The van der Waals surface area contributed by atoms with Crippen LogP contribution < -0.4 is 5.32 Å². The maximum atomic E-state index is 12.9. The molecule has 0 unspecified atom stereocenters. The third-order valence-electron chi connectivity index (χ3n) is 1.84. The monoisotopic (exact) mass is 201 g/mol. The number of benzene rings is 1. The summed E-state index contributed by atoms with van der Waals surface area (Å²) in [6, 6.07) is 0.229. The summed E-state index contributed by atoms with van der Waals surface area (Å²) < 4.78 is 38.5. The second-order valence-electron chi connectivity index (χ2n) is 2.69. The minimum Gasteiger partial charge on any atom is -0.316 e. The van der Waals surface area contributed by atoms with Crippen LogP contribution >= 0.6 is 0 Å². The van der Waals surface area contributed by atoms with E-state index in [1.54, 1.807) is 5.32 Å². The van der Waals surface area contributed by atoms with Gasteiger partial charge in [-0.1, -0.05) is 0 Å². The Labute approximate surface area is 75.5 Å². The highest BCUT2D eigenvalue weighted by atomic mass is 19.2. The molecule has 3 nitrogen and oxygen atoms in total. The predicted octanol–water partition coefficient (Wildman–Crippen LogP) is 1.24. The van der Waals surface area contributed by atoms with E-state index in [9.17, 15) is 22.8 Å². The number of Topliss-reactive ketones (excluding diaryl/α,β-unsaturated/α-hetero) is 1. The second kappa shape index (κ2) is 2.57. The Hall–Kier alpha value is -1.85. The van der Waals surface area contributed by atoms with Gasteiger partial charge in [0.1, 0.15) is 5.82 Å². The van der Waals surface area contributed by atoms with Crippen LogP contribution in [0.15, 0.2) is 6.07 Å². The van der Waals surface area contributed by atoms with E-state index in [1.807, 2.05) is 0 Å². The molecule has 1 aliphatic heterocycles. The fourth-order valence-electron chi connectivity index (χ4n) is 1.22. The highest BCUT2D eigenvalue weighted by Gasteiger charge is 2.35. The van der Waals surface area contributed by atoms with Gasteiger partial charge >= 0.3 is 0 Å². The van der Waals surface area contributed by atoms with Gasteiger partial charge in [-0.05, 0) is 0 Å². The summed E-state index contributed by atoms with van der Waals surface area (Å²) in [4.78, 5) is 21.7. The maximum absolute atomic E-state index is 12.9. The molecule has 0 saturated heterocycles. The van der Waals surface area contributed by atoms with Gasteiger partial charge in [0.2, 0.25) is 0 Å². The van der Waals surface area contributed by atoms with Gasteiger partial charge in [0.05, 0.1) is 11.3 Å². The molecule has 0 saturated carbocycles. The fourth-order valence-corrected chi connectivity index (χ4v) is 1.22. The fraction of sp³-hybridized carbons (Fsp3) is 0. The number of halogens is 3. The first-order valence-corrected chi connectivity index (χ1v) is 3.55. The van der Waals surface area contributed by atoms with Crippen molar-refractivity contribution in [1.82, 2.24) is 0 Å². The first-order chi connectivity index (χ1) is 6.52. The number of ketones is 1. The Bertz CT molecular complexity index is 470. The van der Waals surface area contributed by atoms with Crippen LogP contribution in [0.5, 0.6) is 0 Å². The summed E-state index contributed by atoms with van der Waals surface area (Å²) in [5.41, 5.74) is -1.47. The highest BCUT2D eigenvalue weighted by Crippen LogP contribution is 2.30. The molecular weight excluding hydrogens is 199 g/mol. The van der Waals surface area contributed by atoms with Crippen LogP contribution in [0.4, 0.5) is 18.9 Å². The van der Waals surface area contributed by atoms with Crippen molar-refractivity contribution in [2.45, 2.75) is 0 Å². The van der Waals surface area contributed by atoms with Gasteiger partial charge in [-0.2, -0.15) is 0 Å². The van der Waals surface area contributed by atoms with E-state index >= 15 is 0 Å². The molecular formula is C8H2F3NO2. The van der Waals surface area contributed by atoms with Crippen LogP contribution in [-0.2, 0) is 4.79 Å². The van der Waals surface area contributed by atoms with E-state index < -0.39 is 40.4 Å². The Morgan fingerprint density at radius 1 is 1.07 bits per heavy atom. The number of hydrogen-bond donors (Lipinski definition) is 1. The molecule has 1 heterocycles. The number of carbonyl (C=O) groups is 2. The normalized spacial score (nSPS) is 14.2. The molecule has 0 aromatic heterocycles. The van der Waals surface area contributed by atoms with E-state index in [4.69, 9.17) is 0 Å². The topological polar surface area (TPSA) is 46.2 Å². The van der Waals surface area contributed by atoms with Crippen molar-refractivity contribution in [2.24, 2.45) is 0 Å². The Balaban J connectivity index is 2.79. The predicted molar refractivity (Wildman–Crippen MR) is 39.3 cm³/mol. The minimum atomic E-state index is -1.45. The van der Waals surface area contributed by atoms with Gasteiger partial charge in [0, 0.05) is 6.07 Å². The molecule has 0 aliphatic carbocycles. The lowest BCUT2D eigenvalue weighted by Gasteiger charge is -2.00. The van der Waals surface area contributed by atoms with Crippen LogP contribution in [-0.4, -0.2) is 11.7 Å². The Kier molecular flexibility index (Phi) is 1.60. The number of carbonyl (C=O) groups excluding carboxylic acids is 2. The molecule has 0 radical (unpaired) electrons. The third-order valence-corrected chi connectivity index (χ3v) is 1.84. The Morgan fingerprint density at radius 2 is 1.71 bits per heavy atom. The largest absolute Gasteiger partial charge is 0.316 e. The van der Waals surface area contributed by atoms with Crippen molar-refractivity contribution in [1.29, 1.82) is 0 Å². The summed E-state index contributed by atoms with van der Waals surface area (Å²) in [7, 11) is 0. The van der Waals surface area contributed by atoms with Gasteiger partial charge in [-0.25, -0.2) is 13.2 Å². The summed E-state index contributed by atoms with van der Waals surface area (Å²) in [5.74, 6) is -6.49. The summed E-state index contributed by atoms with van der Waals surface area (Å²) in [6.45, 7) is 0. The van der Waals surface area contributed by atoms with Gasteiger partial charge in [0.25, 0.3) is 11.7 Å². The number of hydrogen-bond acceptors (Lipinski definition) is 2. The molecule has 1 aliphatic rings. The number of fused-ring (bicyclic) bond motifs is 1. The van der Waals surface area contributed by atoms with Gasteiger partial charge in [-0.3, -0.25) is 9.59 Å². The molecule has 1 amide bonds. The van der Waals surface area contributed by atoms with Crippen molar-refractivity contribution in [3.05, 3.63) is 29.1 Å². The average Bonchev–Trinajstić information content (AvgIpc) is 2.40. The molecule has 1 N–H and O–H groups in total. The summed E-state index contributed by atoms with van der Waals surface area (Å²) in [5, 5.41) is 1.75. The van der Waals surface area contributed by atoms with E-state index in [0.717, 1.165) is 0 Å². The zero-order chi connectivity index (χ0) is 10.5. The van der Waals surface area contributed by atoms with Crippen LogP contribution in [0, 0.1) is 17.5 Å². The number of rotatable bonds is 0. The van der Waals surface area contributed by atoms with Crippen molar-refractivity contribution in [2.75, 3.05) is 5.32 Å². The summed E-state index contributed by atoms with van der Waals surface area (Å²) >= 11 is 0. The van der Waals surface area contributed by atoms with Crippen LogP contribution in [0.25, 0.3) is 0 Å². The zero-order valence-electron chi connectivity index (χ0n) is 6.53. The van der Waals surface area contributed by atoms with Gasteiger partial charge in [0.15, 0.2) is 11.6 Å². The Morgan fingerprint density at radius 3 is 2.36 bits per heavy atom. The molecule has 1 aromatic carbocycles. The standard InChI is InChI=1S/C8H2F3NO2/c9-2-1-3(10)5(11)6-4(2)7(13)8(14)12-6/h1H,(H,12,13,14). The van der Waals surface area contributed by atoms with Crippen molar-refractivity contribution in [3.8, 4) is 0 Å². The molecule has 14 heavy (non-hydrogen) atoms. The third kappa shape index (κ3) is 0.935. The lowest BCUT2D eigenvalue weighted by Crippen LogP contribution is -2.13. The lowest BCUT2D eigenvalue weighted by atomic mass is 10.1. The van der Waals surface area contributed by atoms with Crippen LogP contribution in [0.3, 0.4) is 0 Å². The van der Waals surface area contributed by atoms with Crippen molar-refractivity contribution >= 4 is 17.4 Å². The molecule has 1 aromatic rings. The first-order valence-electron chi connectivity index (χ1n) is 3.55. The second-order valence-corrected chi connectivity index (χ2v) is 2.69. The zero-order valence-corrected chi connectivity index (χ0v) is 6.53. The highest BCUT2D eigenvalue weighted by molar-refractivity contribution is 6.51. The SMILES string of the molecule is O=C1Nc2c(F)c(F)cc(F)c2C1=O. The lowest BCUT2D eigenvalue weighted by molar-refractivity contribution is -0.112. The molecule has 0 bridgehead atoms. The number of anilines is 1. The molecule has 6 heteroatoms. The van der Waals surface area contributed by atoms with Crippen molar-refractivity contribution < 1.29 is 22.8 Å². The minimum absolute atomic E-state index is 0.229.